The molecule has 1 amide bonds. The second kappa shape index (κ2) is 13.5. The summed E-state index contributed by atoms with van der Waals surface area (Å²) in [5.41, 5.74) is 2.99. The van der Waals surface area contributed by atoms with Crippen molar-refractivity contribution in [2.24, 2.45) is 11.8 Å². The molecule has 2 aliphatic rings. The zero-order valence-electron chi connectivity index (χ0n) is 22.4. The number of rotatable bonds is 11. The number of hydrogen-bond donors (Lipinski definition) is 4. The maximum absolute atomic E-state index is 14.2. The van der Waals surface area contributed by atoms with E-state index < -0.39 is 30.2 Å². The number of carboxylic acid groups (broad SMARTS) is 2. The van der Waals surface area contributed by atoms with Crippen molar-refractivity contribution in [1.29, 1.82) is 5.26 Å². The van der Waals surface area contributed by atoms with Gasteiger partial charge in [-0.3, -0.25) is 10.1 Å². The van der Waals surface area contributed by atoms with Crippen molar-refractivity contribution in [3.05, 3.63) is 59.7 Å². The van der Waals surface area contributed by atoms with Crippen molar-refractivity contribution in [1.82, 2.24) is 10.6 Å². The van der Waals surface area contributed by atoms with E-state index in [-0.39, 0.29) is 11.8 Å². The lowest BCUT2D eigenvalue weighted by Gasteiger charge is -2.27. The summed E-state index contributed by atoms with van der Waals surface area (Å²) in [4.78, 5) is 21.4. The summed E-state index contributed by atoms with van der Waals surface area (Å²) in [5.74, 6) is 0.524. The third kappa shape index (κ3) is 9.03. The summed E-state index contributed by atoms with van der Waals surface area (Å²) < 4.78 is 28.3. The Hall–Kier alpha value is -3.51. The lowest BCUT2D eigenvalue weighted by atomic mass is 9.80. The molecule has 0 aliphatic heterocycles. The number of carbonyl (C=O) groups excluding carboxylic acids is 1. The fraction of sp³-hybridized carbons (Fsp3) is 0.500. The van der Waals surface area contributed by atoms with Crippen LogP contribution < -0.4 is 10.6 Å². The Labute approximate surface area is 228 Å². The van der Waals surface area contributed by atoms with Crippen molar-refractivity contribution < 1.29 is 28.6 Å². The van der Waals surface area contributed by atoms with E-state index in [1.54, 1.807) is 12.1 Å². The van der Waals surface area contributed by atoms with E-state index in [0.717, 1.165) is 23.5 Å². The van der Waals surface area contributed by atoms with Crippen LogP contribution in [0.3, 0.4) is 0 Å². The second-order valence-corrected chi connectivity index (χ2v) is 11.0. The van der Waals surface area contributed by atoms with Crippen molar-refractivity contribution in [2.75, 3.05) is 0 Å². The van der Waals surface area contributed by atoms with Crippen LogP contribution >= 0.6 is 0 Å². The molecule has 7 nitrogen and oxygen atoms in total. The molecule has 2 atom stereocenters. The largest absolute Gasteiger partial charge is 0.503 e. The third-order valence-corrected chi connectivity index (χ3v) is 7.26. The van der Waals surface area contributed by atoms with Gasteiger partial charge < -0.3 is 15.5 Å². The normalized spacial score (nSPS) is 17.3. The van der Waals surface area contributed by atoms with Gasteiger partial charge in [0.2, 0.25) is 5.91 Å². The van der Waals surface area contributed by atoms with Crippen LogP contribution in [0.4, 0.5) is 13.6 Å². The molecule has 0 bridgehead atoms. The zero-order valence-corrected chi connectivity index (χ0v) is 22.4. The number of nitrogens with one attached hydrogen (secondary N) is 2. The molecule has 4 N–H and O–H groups in total. The van der Waals surface area contributed by atoms with Gasteiger partial charge in [0.1, 0.15) is 5.54 Å². The van der Waals surface area contributed by atoms with Gasteiger partial charge in [0.25, 0.3) is 6.43 Å². The van der Waals surface area contributed by atoms with Crippen LogP contribution in [-0.2, 0) is 11.2 Å². The van der Waals surface area contributed by atoms with Crippen LogP contribution in [0.25, 0.3) is 11.1 Å². The highest BCUT2D eigenvalue weighted by Crippen LogP contribution is 2.35. The monoisotopic (exact) mass is 541 g/mol. The van der Waals surface area contributed by atoms with Gasteiger partial charge in [-0.05, 0) is 59.8 Å². The fourth-order valence-electron chi connectivity index (χ4n) is 4.76. The van der Waals surface area contributed by atoms with Crippen LogP contribution in [0.2, 0.25) is 0 Å². The molecule has 2 saturated carbocycles. The topological polar surface area (TPSA) is 122 Å². The van der Waals surface area contributed by atoms with Crippen molar-refractivity contribution in [2.45, 2.75) is 82.8 Å². The minimum absolute atomic E-state index is 0.128. The Morgan fingerprint density at radius 2 is 1.72 bits per heavy atom. The second-order valence-electron chi connectivity index (χ2n) is 11.0. The van der Waals surface area contributed by atoms with Crippen LogP contribution in [0.1, 0.15) is 69.5 Å². The first kappa shape index (κ1) is 30.0. The Balaban J connectivity index is 0.000000983. The predicted octanol–water partition coefficient (Wildman–Crippen LogP) is 6.40. The number of amides is 1. The van der Waals surface area contributed by atoms with Crippen molar-refractivity contribution >= 4 is 12.1 Å². The molecule has 9 heteroatoms. The summed E-state index contributed by atoms with van der Waals surface area (Å²) in [6.07, 6.45) is 2.11. The molecule has 0 unspecified atom stereocenters. The zero-order chi connectivity index (χ0) is 28.6. The summed E-state index contributed by atoms with van der Waals surface area (Å²) in [7, 11) is 0. The van der Waals surface area contributed by atoms with Gasteiger partial charge in [0.05, 0.1) is 18.2 Å². The van der Waals surface area contributed by atoms with E-state index in [4.69, 9.17) is 15.0 Å². The average Bonchev–Trinajstić information content (AvgIpc) is 3.63. The first-order valence-corrected chi connectivity index (χ1v) is 13.4. The highest BCUT2D eigenvalue weighted by atomic mass is 19.3. The molecule has 2 aromatic carbocycles. The molecular formula is C30H37F2N3O4. The minimum Gasteiger partial charge on any atom is -0.450 e. The van der Waals surface area contributed by atoms with Gasteiger partial charge in [-0.25, -0.2) is 13.6 Å². The van der Waals surface area contributed by atoms with E-state index in [1.807, 2.05) is 32.0 Å². The van der Waals surface area contributed by atoms with Gasteiger partial charge in [-0.15, -0.1) is 0 Å². The van der Waals surface area contributed by atoms with E-state index in [2.05, 4.69) is 34.9 Å². The number of halogens is 2. The first-order chi connectivity index (χ1) is 18.5. The highest BCUT2D eigenvalue weighted by Gasteiger charge is 2.46. The molecule has 39 heavy (non-hydrogen) atoms. The standard InChI is InChI=1S/C29H35F2N3O.CH2O3/c1-19(2)15-25(28(35)34-29(18-32)13-14-29)33-26(27(30)31)23-11-9-22(10-12-23)24-8-4-7-21(17-24)16-20-5-3-6-20;2-1(3)4/h4,7-12,17,19-20,25-27,33H,3,5-6,13-16H2,1-2H3,(H,34,35);(H2,2,3,4)/t25-,26-;/m0./s1. The lowest BCUT2D eigenvalue weighted by molar-refractivity contribution is -0.124. The number of hydrogen-bond acceptors (Lipinski definition) is 4. The summed E-state index contributed by atoms with van der Waals surface area (Å²) in [6, 6.07) is 15.7. The summed E-state index contributed by atoms with van der Waals surface area (Å²) in [6.45, 7) is 3.90. The van der Waals surface area contributed by atoms with Crippen LogP contribution in [-0.4, -0.2) is 40.3 Å². The van der Waals surface area contributed by atoms with Gasteiger partial charge in [-0.1, -0.05) is 81.6 Å². The fourth-order valence-corrected chi connectivity index (χ4v) is 4.76. The number of nitriles is 1. The van der Waals surface area contributed by atoms with E-state index in [0.29, 0.717) is 24.8 Å². The number of alkyl halides is 2. The quantitative estimate of drug-likeness (QED) is 0.261. The number of carbonyl (C=O) groups is 2. The number of benzene rings is 2. The predicted molar refractivity (Wildman–Crippen MR) is 144 cm³/mol. The van der Waals surface area contributed by atoms with Crippen molar-refractivity contribution in [3.8, 4) is 17.2 Å². The molecular weight excluding hydrogens is 504 g/mol. The van der Waals surface area contributed by atoms with E-state index in [1.165, 1.54) is 24.8 Å². The molecule has 0 spiro atoms. The molecule has 4 rings (SSSR count). The van der Waals surface area contributed by atoms with Gasteiger partial charge in [-0.2, -0.15) is 5.26 Å². The van der Waals surface area contributed by atoms with E-state index >= 15 is 0 Å². The molecule has 0 aromatic heterocycles. The van der Waals surface area contributed by atoms with Gasteiger partial charge in [0.15, 0.2) is 0 Å². The maximum atomic E-state index is 14.2. The Morgan fingerprint density at radius 1 is 1.08 bits per heavy atom. The maximum Gasteiger partial charge on any atom is 0.503 e. The van der Waals surface area contributed by atoms with Gasteiger partial charge >= 0.3 is 6.16 Å². The van der Waals surface area contributed by atoms with Gasteiger partial charge in [0, 0.05) is 0 Å². The van der Waals surface area contributed by atoms with Crippen LogP contribution in [0.15, 0.2) is 48.5 Å². The molecule has 2 aromatic rings. The number of nitrogens with zero attached hydrogens (tertiary/aromatic N) is 1. The van der Waals surface area contributed by atoms with E-state index in [9.17, 15) is 18.8 Å². The van der Waals surface area contributed by atoms with Crippen LogP contribution in [0.5, 0.6) is 0 Å². The first-order valence-electron chi connectivity index (χ1n) is 13.4. The Morgan fingerprint density at radius 3 is 2.21 bits per heavy atom. The molecule has 210 valence electrons. The molecule has 0 saturated heterocycles. The Kier molecular flexibility index (Phi) is 10.4. The summed E-state index contributed by atoms with van der Waals surface area (Å²) >= 11 is 0. The molecule has 2 aliphatic carbocycles. The lowest BCUT2D eigenvalue weighted by Crippen LogP contribution is -2.51. The smallest absolute Gasteiger partial charge is 0.450 e. The van der Waals surface area contributed by atoms with Crippen molar-refractivity contribution in [3.63, 3.8) is 0 Å². The average molecular weight is 542 g/mol. The minimum atomic E-state index is -2.68. The third-order valence-electron chi connectivity index (χ3n) is 7.26. The molecule has 2 fully saturated rings. The Bertz CT molecular complexity index is 1150. The SMILES string of the molecule is CC(C)C[C@H](N[C@@H](c1ccc(-c2cccc(CC3CCC3)c2)cc1)C(F)F)C(=O)NC1(C#N)CC1.O=C(O)O. The summed E-state index contributed by atoms with van der Waals surface area (Å²) in [5, 5.41) is 28.9. The molecule has 0 heterocycles. The van der Waals surface area contributed by atoms with Crippen LogP contribution in [0, 0.1) is 23.2 Å². The molecule has 0 radical (unpaired) electrons. The highest BCUT2D eigenvalue weighted by molar-refractivity contribution is 5.83.